The van der Waals surface area contributed by atoms with Crippen LogP contribution in [0.2, 0.25) is 0 Å². The fourth-order valence-corrected chi connectivity index (χ4v) is 5.14. The van der Waals surface area contributed by atoms with E-state index >= 15 is 0 Å². The molecule has 0 aromatic heterocycles. The van der Waals surface area contributed by atoms with Gasteiger partial charge in [-0.05, 0) is 12.8 Å². The standard InChI is InChI=1S/C23H39NO17/c1-8(28)24-9-2-4-23(22(35)36,40-17(9)10(29)3-5-25)41-19-13(30)11(6-26)38-21(16(19)33)39-18-12(7-27)37-20(34)15(32)14(18)31/h9-21,25-27,29-34H,2-7H2,1H3,(H,24,28)(H,35,36)/t9-,10-,11-,12-,13+,14-,15-,16-,17-,18-,19+,20-,21+,23+/m1/s1. The largest absolute Gasteiger partial charge is 0.477 e. The third-order valence-corrected chi connectivity index (χ3v) is 7.30. The summed E-state index contributed by atoms with van der Waals surface area (Å²) in [7, 11) is 0. The molecule has 41 heavy (non-hydrogen) atoms. The van der Waals surface area contributed by atoms with Crippen LogP contribution in [-0.2, 0) is 33.3 Å². The predicted octanol–water partition coefficient (Wildman–Crippen LogP) is -6.16. The van der Waals surface area contributed by atoms with Crippen molar-refractivity contribution in [2.24, 2.45) is 0 Å². The van der Waals surface area contributed by atoms with Gasteiger partial charge in [0.25, 0.3) is 5.79 Å². The van der Waals surface area contributed by atoms with E-state index < -0.39 is 124 Å². The number of carbonyl (C=O) groups excluding carboxylic acids is 1. The maximum absolute atomic E-state index is 12.5. The minimum absolute atomic E-state index is 0.109. The van der Waals surface area contributed by atoms with Crippen LogP contribution in [0.5, 0.6) is 0 Å². The highest BCUT2D eigenvalue weighted by Crippen LogP contribution is 2.38. The van der Waals surface area contributed by atoms with Crippen LogP contribution in [0, 0.1) is 0 Å². The Morgan fingerprint density at radius 1 is 0.951 bits per heavy atom. The maximum Gasteiger partial charge on any atom is 0.364 e. The number of ether oxygens (including phenoxy) is 5. The van der Waals surface area contributed by atoms with Crippen LogP contribution < -0.4 is 5.32 Å². The van der Waals surface area contributed by atoms with E-state index in [4.69, 9.17) is 23.7 Å². The van der Waals surface area contributed by atoms with Crippen LogP contribution in [0.15, 0.2) is 0 Å². The predicted molar refractivity (Wildman–Crippen MR) is 127 cm³/mol. The number of aliphatic carboxylic acids is 1. The van der Waals surface area contributed by atoms with Crippen LogP contribution in [0.25, 0.3) is 0 Å². The number of carboxylic acid groups (broad SMARTS) is 1. The van der Waals surface area contributed by atoms with Crippen molar-refractivity contribution in [3.63, 3.8) is 0 Å². The van der Waals surface area contributed by atoms with Crippen LogP contribution in [0.4, 0.5) is 0 Å². The zero-order valence-electron chi connectivity index (χ0n) is 22.1. The molecular formula is C23H39NO17. The lowest BCUT2D eigenvalue weighted by Gasteiger charge is -2.49. The molecule has 3 fully saturated rings. The zero-order chi connectivity index (χ0) is 30.6. The molecule has 0 aliphatic carbocycles. The van der Waals surface area contributed by atoms with Gasteiger partial charge in [0.05, 0.1) is 25.4 Å². The lowest BCUT2D eigenvalue weighted by atomic mass is 9.91. The number of carboxylic acids is 1. The van der Waals surface area contributed by atoms with E-state index in [-0.39, 0.29) is 12.8 Å². The molecule has 3 aliphatic rings. The summed E-state index contributed by atoms with van der Waals surface area (Å²) in [5, 5.41) is 104. The molecule has 0 unspecified atom stereocenters. The van der Waals surface area contributed by atoms with E-state index in [2.05, 4.69) is 5.32 Å². The average Bonchev–Trinajstić information content (AvgIpc) is 2.92. The molecule has 18 heteroatoms. The zero-order valence-corrected chi connectivity index (χ0v) is 22.1. The van der Waals surface area contributed by atoms with E-state index in [0.717, 1.165) is 0 Å². The van der Waals surface area contributed by atoms with E-state index in [1.165, 1.54) is 6.92 Å². The van der Waals surface area contributed by atoms with Gasteiger partial charge in [-0.15, -0.1) is 0 Å². The number of aliphatic hydroxyl groups excluding tert-OH is 9. The van der Waals surface area contributed by atoms with Gasteiger partial charge in [0, 0.05) is 20.0 Å². The fourth-order valence-electron chi connectivity index (χ4n) is 5.14. The third-order valence-electron chi connectivity index (χ3n) is 7.30. The quantitative estimate of drug-likeness (QED) is 0.105. The second-order valence-corrected chi connectivity index (χ2v) is 10.2. The molecule has 3 heterocycles. The molecule has 0 aromatic carbocycles. The summed E-state index contributed by atoms with van der Waals surface area (Å²) in [6.07, 6.45) is -21.6. The molecule has 1 amide bonds. The van der Waals surface area contributed by atoms with E-state index in [1.54, 1.807) is 0 Å². The summed E-state index contributed by atoms with van der Waals surface area (Å²) in [6.45, 7) is -1.00. The molecule has 18 nitrogen and oxygen atoms in total. The van der Waals surface area contributed by atoms with Crippen LogP contribution in [-0.4, -0.2) is 168 Å². The maximum atomic E-state index is 12.5. The highest BCUT2D eigenvalue weighted by atomic mass is 16.8. The van der Waals surface area contributed by atoms with Gasteiger partial charge in [-0.2, -0.15) is 0 Å². The van der Waals surface area contributed by atoms with Gasteiger partial charge in [0.2, 0.25) is 5.91 Å². The SMILES string of the molecule is CC(=O)N[C@@H]1CC[C@](O[C@H]2[C@@H](O)[C@@H](CO)O[C@@H](O[C@H]3[C@H](O)[C@@H](O)[C@H](O)O[C@@H]3CO)[C@@H]2O)(C(=O)O)O[C@H]1[C@H](O)CCO. The molecule has 3 saturated heterocycles. The third kappa shape index (κ3) is 7.31. The number of nitrogens with one attached hydrogen (secondary N) is 1. The Hall–Kier alpha value is -1.62. The minimum Gasteiger partial charge on any atom is -0.477 e. The first-order valence-electron chi connectivity index (χ1n) is 13.0. The summed E-state index contributed by atoms with van der Waals surface area (Å²) in [5.74, 6) is -4.85. The first-order valence-corrected chi connectivity index (χ1v) is 13.0. The van der Waals surface area contributed by atoms with Gasteiger partial charge in [-0.3, -0.25) is 4.79 Å². The average molecular weight is 602 g/mol. The van der Waals surface area contributed by atoms with E-state index in [1.807, 2.05) is 0 Å². The number of hydrogen-bond acceptors (Lipinski definition) is 16. The van der Waals surface area contributed by atoms with Crippen molar-refractivity contribution in [3.8, 4) is 0 Å². The molecule has 0 spiro atoms. The first kappa shape index (κ1) is 33.9. The Balaban J connectivity index is 1.88. The molecule has 3 aliphatic heterocycles. The Morgan fingerprint density at radius 3 is 2.17 bits per heavy atom. The van der Waals surface area contributed by atoms with E-state index in [9.17, 15) is 60.7 Å². The van der Waals surface area contributed by atoms with Crippen molar-refractivity contribution < 1.29 is 84.3 Å². The Morgan fingerprint density at radius 2 is 1.61 bits per heavy atom. The summed E-state index contributed by atoms with van der Waals surface area (Å²) in [6, 6.07) is -0.888. The van der Waals surface area contributed by atoms with Gasteiger partial charge >= 0.3 is 5.97 Å². The van der Waals surface area contributed by atoms with Gasteiger partial charge in [-0.25, -0.2) is 4.79 Å². The number of amides is 1. The summed E-state index contributed by atoms with van der Waals surface area (Å²) < 4.78 is 27.3. The smallest absolute Gasteiger partial charge is 0.364 e. The van der Waals surface area contributed by atoms with Crippen LogP contribution >= 0.6 is 0 Å². The van der Waals surface area contributed by atoms with Crippen molar-refractivity contribution >= 4 is 11.9 Å². The van der Waals surface area contributed by atoms with Crippen molar-refractivity contribution in [1.29, 1.82) is 0 Å². The van der Waals surface area contributed by atoms with Crippen LogP contribution in [0.1, 0.15) is 26.2 Å². The second kappa shape index (κ2) is 14.2. The fraction of sp³-hybridized carbons (Fsp3) is 0.913. The minimum atomic E-state index is -2.62. The Labute approximate surface area is 233 Å². The Kier molecular flexibility index (Phi) is 11.8. The highest BCUT2D eigenvalue weighted by Gasteiger charge is 2.57. The summed E-state index contributed by atoms with van der Waals surface area (Å²) in [4.78, 5) is 24.2. The molecule has 238 valence electrons. The number of aliphatic hydroxyl groups is 9. The molecule has 0 bridgehead atoms. The summed E-state index contributed by atoms with van der Waals surface area (Å²) in [5.41, 5.74) is 0. The van der Waals surface area contributed by atoms with Gasteiger partial charge in [0.15, 0.2) is 12.6 Å². The van der Waals surface area contributed by atoms with Gasteiger partial charge in [0.1, 0.15) is 54.9 Å². The van der Waals surface area contributed by atoms with Gasteiger partial charge < -0.3 is 80.1 Å². The molecule has 0 saturated carbocycles. The lowest BCUT2D eigenvalue weighted by Crippen LogP contribution is -2.68. The number of hydrogen-bond donors (Lipinski definition) is 11. The Bertz CT molecular complexity index is 879. The number of rotatable bonds is 11. The second-order valence-electron chi connectivity index (χ2n) is 10.2. The van der Waals surface area contributed by atoms with Gasteiger partial charge in [-0.1, -0.05) is 0 Å². The topological polar surface area (TPSA) is 295 Å². The lowest BCUT2D eigenvalue weighted by molar-refractivity contribution is -0.381. The molecule has 0 aromatic rings. The van der Waals surface area contributed by atoms with Crippen molar-refractivity contribution in [2.75, 3.05) is 19.8 Å². The normalized spacial score (nSPS) is 44.2. The monoisotopic (exact) mass is 601 g/mol. The van der Waals surface area contributed by atoms with Crippen molar-refractivity contribution in [3.05, 3.63) is 0 Å². The molecule has 3 rings (SSSR count). The number of carbonyl (C=O) groups is 2. The highest BCUT2D eigenvalue weighted by molar-refractivity contribution is 5.76. The summed E-state index contributed by atoms with van der Waals surface area (Å²) >= 11 is 0. The van der Waals surface area contributed by atoms with E-state index in [0.29, 0.717) is 0 Å². The van der Waals surface area contributed by atoms with Crippen molar-refractivity contribution in [1.82, 2.24) is 5.32 Å². The first-order chi connectivity index (χ1) is 19.3. The molecular weight excluding hydrogens is 562 g/mol. The molecule has 11 N–H and O–H groups in total. The van der Waals surface area contributed by atoms with Crippen molar-refractivity contribution in [2.45, 2.75) is 112 Å². The molecule has 0 radical (unpaired) electrons. The van der Waals surface area contributed by atoms with Crippen LogP contribution in [0.3, 0.4) is 0 Å². The molecule has 14 atom stereocenters.